The lowest BCUT2D eigenvalue weighted by Crippen LogP contribution is -2.19. The van der Waals surface area contributed by atoms with Crippen LogP contribution in [0.5, 0.6) is 5.75 Å². The molecule has 0 saturated carbocycles. The summed E-state index contributed by atoms with van der Waals surface area (Å²) in [6.45, 7) is 4.01. The number of nitrogens with one attached hydrogen (secondary N) is 1. The monoisotopic (exact) mass is 548 g/mol. The van der Waals surface area contributed by atoms with E-state index in [-0.39, 0.29) is 12.0 Å². The van der Waals surface area contributed by atoms with Gasteiger partial charge in [-0.05, 0) is 82.3 Å². The van der Waals surface area contributed by atoms with Crippen molar-refractivity contribution in [2.75, 3.05) is 0 Å². The second kappa shape index (κ2) is 9.36. The van der Waals surface area contributed by atoms with Crippen molar-refractivity contribution < 1.29 is 9.53 Å². The highest BCUT2D eigenvalue weighted by atomic mass is 127. The number of hydrogen-bond acceptors (Lipinski definition) is 3. The van der Waals surface area contributed by atoms with Gasteiger partial charge in [-0.25, -0.2) is 5.43 Å². The number of ether oxygens (including phenoxy) is 1. The van der Waals surface area contributed by atoms with Crippen molar-refractivity contribution in [3.63, 3.8) is 0 Å². The summed E-state index contributed by atoms with van der Waals surface area (Å²) in [7, 11) is 0. The van der Waals surface area contributed by atoms with Crippen LogP contribution in [0.4, 0.5) is 0 Å². The first-order valence-corrected chi connectivity index (χ1v) is 9.63. The molecule has 0 bridgehead atoms. The Balaban J connectivity index is 1.98. The molecule has 6 heteroatoms. The Morgan fingerprint density at radius 2 is 1.83 bits per heavy atom. The fourth-order valence-corrected chi connectivity index (χ4v) is 4.07. The lowest BCUT2D eigenvalue weighted by atomic mass is 10.1. The normalized spacial score (nSPS) is 11.0. The molecule has 2 aromatic carbocycles. The van der Waals surface area contributed by atoms with Crippen molar-refractivity contribution in [3.8, 4) is 5.75 Å². The highest BCUT2D eigenvalue weighted by Gasteiger charge is 2.10. The summed E-state index contributed by atoms with van der Waals surface area (Å²) in [5.41, 5.74) is 4.44. The van der Waals surface area contributed by atoms with Gasteiger partial charge in [-0.3, -0.25) is 4.79 Å². The summed E-state index contributed by atoms with van der Waals surface area (Å²) in [5, 5.41) is 4.04. The van der Waals surface area contributed by atoms with Gasteiger partial charge in [0.2, 0.25) is 5.91 Å². The van der Waals surface area contributed by atoms with Gasteiger partial charge in [-0.1, -0.05) is 30.3 Å². The predicted molar refractivity (Wildman–Crippen MR) is 114 cm³/mol. The average molecular weight is 548 g/mol. The minimum atomic E-state index is -0.137. The van der Waals surface area contributed by atoms with E-state index in [2.05, 4.69) is 55.7 Å². The highest BCUT2D eigenvalue weighted by Crippen LogP contribution is 2.29. The first-order valence-electron chi connectivity index (χ1n) is 7.47. The molecule has 0 atom stereocenters. The molecule has 24 heavy (non-hydrogen) atoms. The van der Waals surface area contributed by atoms with E-state index in [1.807, 2.05) is 56.3 Å². The van der Waals surface area contributed by atoms with E-state index in [1.165, 1.54) is 0 Å². The smallest absolute Gasteiger partial charge is 0.244 e. The summed E-state index contributed by atoms with van der Waals surface area (Å²) in [6.07, 6.45) is 2.09. The standard InChI is InChI=1S/C18H18I2N2O2/c1-12(2)24-18-15(19)8-14(9-16(18)20)11-21-22-17(23)10-13-6-4-3-5-7-13/h3-9,11-12H,10H2,1-2H3,(H,22,23)/b21-11-. The number of rotatable bonds is 6. The third-order valence-corrected chi connectivity index (χ3v) is 4.59. The van der Waals surface area contributed by atoms with Crippen molar-refractivity contribution in [3.05, 3.63) is 60.7 Å². The Labute approximate surface area is 169 Å². The number of halogens is 2. The van der Waals surface area contributed by atoms with Crippen LogP contribution in [0.25, 0.3) is 0 Å². The third-order valence-electron chi connectivity index (χ3n) is 2.98. The van der Waals surface area contributed by atoms with Gasteiger partial charge in [0.1, 0.15) is 5.75 Å². The second-order valence-electron chi connectivity index (χ2n) is 5.44. The SMILES string of the molecule is CC(C)Oc1c(I)cc(/C=N\NC(=O)Cc2ccccc2)cc1I. The highest BCUT2D eigenvalue weighted by molar-refractivity contribution is 14.1. The van der Waals surface area contributed by atoms with E-state index in [1.54, 1.807) is 6.21 Å². The Morgan fingerprint density at radius 3 is 2.42 bits per heavy atom. The van der Waals surface area contributed by atoms with Crippen LogP contribution in [-0.2, 0) is 11.2 Å². The molecule has 0 spiro atoms. The molecule has 0 radical (unpaired) electrons. The van der Waals surface area contributed by atoms with Crippen LogP contribution in [0.15, 0.2) is 47.6 Å². The van der Waals surface area contributed by atoms with Crippen molar-refractivity contribution in [1.82, 2.24) is 5.43 Å². The first-order chi connectivity index (χ1) is 11.5. The number of benzene rings is 2. The summed E-state index contributed by atoms with van der Waals surface area (Å²) < 4.78 is 7.85. The van der Waals surface area contributed by atoms with Crippen LogP contribution in [-0.4, -0.2) is 18.2 Å². The molecule has 4 nitrogen and oxygen atoms in total. The Kier molecular flexibility index (Phi) is 7.47. The summed E-state index contributed by atoms with van der Waals surface area (Å²) in [6, 6.07) is 13.5. The summed E-state index contributed by atoms with van der Waals surface area (Å²) >= 11 is 4.49. The zero-order chi connectivity index (χ0) is 17.5. The zero-order valence-corrected chi connectivity index (χ0v) is 17.7. The van der Waals surface area contributed by atoms with Crippen molar-refractivity contribution in [2.45, 2.75) is 26.4 Å². The number of nitrogens with zero attached hydrogens (tertiary/aromatic N) is 1. The predicted octanol–water partition coefficient (Wildman–Crippen LogP) is 4.38. The minimum absolute atomic E-state index is 0.129. The number of carbonyl (C=O) groups is 1. The molecular formula is C18H18I2N2O2. The van der Waals surface area contributed by atoms with E-state index in [9.17, 15) is 4.79 Å². The molecule has 0 aliphatic heterocycles. The molecule has 0 saturated heterocycles. The largest absolute Gasteiger partial charge is 0.489 e. The van der Waals surface area contributed by atoms with E-state index in [0.717, 1.165) is 24.0 Å². The molecular weight excluding hydrogens is 530 g/mol. The van der Waals surface area contributed by atoms with Crippen LogP contribution < -0.4 is 10.2 Å². The number of amides is 1. The molecule has 0 unspecified atom stereocenters. The van der Waals surface area contributed by atoms with E-state index in [0.29, 0.717) is 6.42 Å². The number of hydrazone groups is 1. The third kappa shape index (κ3) is 6.04. The first kappa shape index (κ1) is 19.2. The van der Waals surface area contributed by atoms with Gasteiger partial charge < -0.3 is 4.74 Å². The molecule has 1 N–H and O–H groups in total. The quantitative estimate of drug-likeness (QED) is 0.331. The molecule has 0 aromatic heterocycles. The zero-order valence-electron chi connectivity index (χ0n) is 13.4. The van der Waals surface area contributed by atoms with Gasteiger partial charge in [0.05, 0.1) is 25.9 Å². The van der Waals surface area contributed by atoms with Gasteiger partial charge in [-0.2, -0.15) is 5.10 Å². The van der Waals surface area contributed by atoms with Crippen molar-refractivity contribution in [2.24, 2.45) is 5.10 Å². The molecule has 0 aliphatic carbocycles. The van der Waals surface area contributed by atoms with Gasteiger partial charge in [0, 0.05) is 0 Å². The molecule has 126 valence electrons. The Bertz CT molecular complexity index is 708. The molecule has 0 heterocycles. The van der Waals surface area contributed by atoms with Crippen molar-refractivity contribution >= 4 is 57.3 Å². The number of carbonyl (C=O) groups excluding carboxylic acids is 1. The van der Waals surface area contributed by atoms with E-state index in [4.69, 9.17) is 4.74 Å². The second-order valence-corrected chi connectivity index (χ2v) is 7.76. The summed E-state index contributed by atoms with van der Waals surface area (Å²) in [4.78, 5) is 11.9. The Morgan fingerprint density at radius 1 is 1.21 bits per heavy atom. The molecule has 1 amide bonds. The fraction of sp³-hybridized carbons (Fsp3) is 0.222. The maximum absolute atomic E-state index is 11.9. The topological polar surface area (TPSA) is 50.7 Å². The minimum Gasteiger partial charge on any atom is -0.489 e. The molecule has 0 aliphatic rings. The lowest BCUT2D eigenvalue weighted by molar-refractivity contribution is -0.120. The van der Waals surface area contributed by atoms with Gasteiger partial charge in [0.15, 0.2) is 0 Å². The van der Waals surface area contributed by atoms with E-state index < -0.39 is 0 Å². The van der Waals surface area contributed by atoms with Gasteiger partial charge in [-0.15, -0.1) is 0 Å². The van der Waals surface area contributed by atoms with E-state index >= 15 is 0 Å². The maximum Gasteiger partial charge on any atom is 0.244 e. The molecule has 2 rings (SSSR count). The average Bonchev–Trinajstić information content (AvgIpc) is 2.52. The van der Waals surface area contributed by atoms with Crippen LogP contribution in [0.3, 0.4) is 0 Å². The maximum atomic E-state index is 11.9. The van der Waals surface area contributed by atoms with Gasteiger partial charge >= 0.3 is 0 Å². The molecule has 0 fully saturated rings. The lowest BCUT2D eigenvalue weighted by Gasteiger charge is -2.14. The fourth-order valence-electron chi connectivity index (χ4n) is 2.00. The summed E-state index contributed by atoms with van der Waals surface area (Å²) in [5.74, 6) is 0.748. The molecule has 2 aromatic rings. The van der Waals surface area contributed by atoms with Crippen molar-refractivity contribution in [1.29, 1.82) is 0 Å². The number of hydrogen-bond donors (Lipinski definition) is 1. The van der Waals surface area contributed by atoms with Crippen LogP contribution in [0.2, 0.25) is 0 Å². The van der Waals surface area contributed by atoms with Crippen LogP contribution in [0.1, 0.15) is 25.0 Å². The van der Waals surface area contributed by atoms with Gasteiger partial charge in [0.25, 0.3) is 0 Å². The van der Waals surface area contributed by atoms with Crippen LogP contribution >= 0.6 is 45.2 Å². The van der Waals surface area contributed by atoms with Crippen LogP contribution in [0, 0.1) is 7.14 Å². The Hall–Kier alpha value is -1.16.